The van der Waals surface area contributed by atoms with E-state index in [1.807, 2.05) is 25.1 Å². The van der Waals surface area contributed by atoms with E-state index in [4.69, 9.17) is 23.2 Å². The first kappa shape index (κ1) is 23.4. The topological polar surface area (TPSA) is 69.7 Å². The Hall–Kier alpha value is -2.74. The molecular formula is C24H23Cl2N3O3S. The molecule has 1 fully saturated rings. The van der Waals surface area contributed by atoms with Gasteiger partial charge in [-0.25, -0.2) is 8.42 Å². The van der Waals surface area contributed by atoms with Crippen LogP contribution in [0.3, 0.4) is 0 Å². The number of para-hydroxylation sites is 1. The van der Waals surface area contributed by atoms with Gasteiger partial charge in [0.1, 0.15) is 4.90 Å². The Kier molecular flexibility index (Phi) is 6.83. The van der Waals surface area contributed by atoms with Gasteiger partial charge in [0.05, 0.1) is 5.02 Å². The van der Waals surface area contributed by atoms with Crippen molar-refractivity contribution in [3.05, 3.63) is 87.9 Å². The van der Waals surface area contributed by atoms with Crippen molar-refractivity contribution in [3.63, 3.8) is 0 Å². The summed E-state index contributed by atoms with van der Waals surface area (Å²) < 4.78 is 28.3. The highest BCUT2D eigenvalue weighted by Crippen LogP contribution is 2.28. The van der Waals surface area contributed by atoms with Crippen LogP contribution >= 0.6 is 23.2 Å². The van der Waals surface area contributed by atoms with Gasteiger partial charge in [0.15, 0.2) is 0 Å². The van der Waals surface area contributed by atoms with Crippen molar-refractivity contribution < 1.29 is 13.2 Å². The third-order valence-electron chi connectivity index (χ3n) is 5.57. The number of carbonyl (C=O) groups excluding carboxylic acids is 1. The first-order valence-electron chi connectivity index (χ1n) is 10.4. The number of aryl methyl sites for hydroxylation is 1. The van der Waals surface area contributed by atoms with E-state index in [0.29, 0.717) is 36.9 Å². The molecule has 1 aliphatic heterocycles. The highest BCUT2D eigenvalue weighted by atomic mass is 35.5. The molecule has 0 aliphatic carbocycles. The molecule has 1 heterocycles. The van der Waals surface area contributed by atoms with Gasteiger partial charge in [-0.3, -0.25) is 9.52 Å². The maximum absolute atomic E-state index is 13.1. The molecule has 0 spiro atoms. The van der Waals surface area contributed by atoms with Gasteiger partial charge in [-0.1, -0.05) is 47.5 Å². The Morgan fingerprint density at radius 3 is 2.30 bits per heavy atom. The van der Waals surface area contributed by atoms with Crippen LogP contribution < -0.4 is 9.62 Å². The molecule has 0 saturated carbocycles. The molecule has 4 rings (SSSR count). The van der Waals surface area contributed by atoms with Gasteiger partial charge in [-0.15, -0.1) is 0 Å². The summed E-state index contributed by atoms with van der Waals surface area (Å²) in [5.74, 6) is -0.231. The Labute approximate surface area is 203 Å². The Balaban J connectivity index is 1.50. The number of hydrogen-bond acceptors (Lipinski definition) is 4. The zero-order valence-corrected chi connectivity index (χ0v) is 20.3. The summed E-state index contributed by atoms with van der Waals surface area (Å²) in [5, 5.41) is 0.726. The molecular weight excluding hydrogens is 481 g/mol. The lowest BCUT2D eigenvalue weighted by Crippen LogP contribution is -2.49. The van der Waals surface area contributed by atoms with Crippen molar-refractivity contribution in [1.82, 2.24) is 4.90 Å². The van der Waals surface area contributed by atoms with Crippen LogP contribution in [0.25, 0.3) is 0 Å². The molecule has 33 heavy (non-hydrogen) atoms. The van der Waals surface area contributed by atoms with Gasteiger partial charge in [-0.05, 0) is 55.0 Å². The average molecular weight is 504 g/mol. The van der Waals surface area contributed by atoms with E-state index in [-0.39, 0.29) is 21.4 Å². The van der Waals surface area contributed by atoms with Crippen LogP contribution in [0.2, 0.25) is 10.0 Å². The molecule has 1 amide bonds. The predicted octanol–water partition coefficient (Wildman–Crippen LogP) is 5.07. The number of amides is 1. The molecule has 0 bridgehead atoms. The molecule has 0 radical (unpaired) electrons. The summed E-state index contributed by atoms with van der Waals surface area (Å²) in [6.07, 6.45) is 0. The summed E-state index contributed by atoms with van der Waals surface area (Å²) in [4.78, 5) is 16.9. The first-order chi connectivity index (χ1) is 15.7. The van der Waals surface area contributed by atoms with Gasteiger partial charge >= 0.3 is 0 Å². The number of piperazine rings is 1. The zero-order chi connectivity index (χ0) is 23.6. The summed E-state index contributed by atoms with van der Waals surface area (Å²) in [6.45, 7) is 4.36. The fourth-order valence-electron chi connectivity index (χ4n) is 3.81. The van der Waals surface area contributed by atoms with Gasteiger partial charge in [0, 0.05) is 48.1 Å². The first-order valence-corrected chi connectivity index (χ1v) is 12.7. The molecule has 1 saturated heterocycles. The van der Waals surface area contributed by atoms with Crippen molar-refractivity contribution >= 4 is 50.5 Å². The molecule has 1 N–H and O–H groups in total. The lowest BCUT2D eigenvalue weighted by molar-refractivity contribution is 0.0746. The molecule has 0 aromatic heterocycles. The number of carbonyl (C=O) groups is 1. The summed E-state index contributed by atoms with van der Waals surface area (Å²) in [7, 11) is -3.96. The average Bonchev–Trinajstić information content (AvgIpc) is 2.81. The second kappa shape index (κ2) is 9.63. The van der Waals surface area contributed by atoms with Crippen LogP contribution in [0.5, 0.6) is 0 Å². The molecule has 3 aromatic carbocycles. The van der Waals surface area contributed by atoms with E-state index in [1.54, 1.807) is 41.3 Å². The summed E-state index contributed by atoms with van der Waals surface area (Å²) in [5.41, 5.74) is 2.87. The van der Waals surface area contributed by atoms with Crippen LogP contribution in [0.1, 0.15) is 15.9 Å². The number of sulfonamides is 1. The van der Waals surface area contributed by atoms with E-state index >= 15 is 0 Å². The maximum Gasteiger partial charge on any atom is 0.263 e. The van der Waals surface area contributed by atoms with E-state index in [1.165, 1.54) is 12.1 Å². The fraction of sp³-hybridized carbons (Fsp3) is 0.208. The van der Waals surface area contributed by atoms with Gasteiger partial charge in [-0.2, -0.15) is 0 Å². The minimum Gasteiger partial charge on any atom is -0.368 e. The Morgan fingerprint density at radius 2 is 1.61 bits per heavy atom. The van der Waals surface area contributed by atoms with E-state index in [2.05, 4.69) is 9.62 Å². The lowest BCUT2D eigenvalue weighted by Gasteiger charge is -2.37. The molecule has 6 nitrogen and oxygen atoms in total. The number of benzene rings is 3. The second-order valence-electron chi connectivity index (χ2n) is 7.83. The molecule has 1 aliphatic rings. The summed E-state index contributed by atoms with van der Waals surface area (Å²) >= 11 is 12.3. The van der Waals surface area contributed by atoms with Gasteiger partial charge < -0.3 is 9.80 Å². The van der Waals surface area contributed by atoms with Crippen LogP contribution in [0, 0.1) is 6.92 Å². The minimum absolute atomic E-state index is 0.0521. The van der Waals surface area contributed by atoms with Crippen LogP contribution in [-0.2, 0) is 10.0 Å². The lowest BCUT2D eigenvalue weighted by atomic mass is 10.1. The largest absolute Gasteiger partial charge is 0.368 e. The molecule has 172 valence electrons. The quantitative estimate of drug-likeness (QED) is 0.527. The smallest absolute Gasteiger partial charge is 0.263 e. The maximum atomic E-state index is 13.1. The number of nitrogens with zero attached hydrogens (tertiary/aromatic N) is 2. The van der Waals surface area contributed by atoms with Gasteiger partial charge in [0.25, 0.3) is 15.9 Å². The fourth-order valence-corrected chi connectivity index (χ4v) is 5.57. The Bertz CT molecular complexity index is 1280. The number of hydrogen-bond donors (Lipinski definition) is 1. The molecule has 9 heteroatoms. The standard InChI is InChI=1S/C24H23Cl2N3O3S/c1-17-7-9-19(25)16-22(17)28-11-13-29(14-12-28)24(30)18-8-10-21(26)23(15-18)33(31,32)27-20-5-3-2-4-6-20/h2-10,15-16,27H,11-14H2,1H3. The van der Waals surface area contributed by atoms with Crippen molar-refractivity contribution in [3.8, 4) is 0 Å². The van der Waals surface area contributed by atoms with Crippen molar-refractivity contribution in [2.24, 2.45) is 0 Å². The van der Waals surface area contributed by atoms with Crippen molar-refractivity contribution in [1.29, 1.82) is 0 Å². The second-order valence-corrected chi connectivity index (χ2v) is 10.3. The number of nitrogens with one attached hydrogen (secondary N) is 1. The number of anilines is 2. The minimum atomic E-state index is -3.96. The van der Waals surface area contributed by atoms with Crippen LogP contribution in [0.4, 0.5) is 11.4 Å². The van der Waals surface area contributed by atoms with Crippen molar-refractivity contribution in [2.45, 2.75) is 11.8 Å². The van der Waals surface area contributed by atoms with Crippen molar-refractivity contribution in [2.75, 3.05) is 35.8 Å². The van der Waals surface area contributed by atoms with E-state index in [0.717, 1.165) is 11.3 Å². The van der Waals surface area contributed by atoms with Crippen LogP contribution in [0.15, 0.2) is 71.6 Å². The summed E-state index contributed by atoms with van der Waals surface area (Å²) in [6, 6.07) is 18.6. The molecule has 0 unspecified atom stereocenters. The van der Waals surface area contributed by atoms with Gasteiger partial charge in [0.2, 0.25) is 0 Å². The SMILES string of the molecule is Cc1ccc(Cl)cc1N1CCN(C(=O)c2ccc(Cl)c(S(=O)(=O)Nc3ccccc3)c2)CC1. The number of halogens is 2. The van der Waals surface area contributed by atoms with E-state index < -0.39 is 10.0 Å². The highest BCUT2D eigenvalue weighted by Gasteiger charge is 2.26. The third-order valence-corrected chi connectivity index (χ3v) is 7.67. The molecule has 0 atom stereocenters. The monoisotopic (exact) mass is 503 g/mol. The zero-order valence-electron chi connectivity index (χ0n) is 18.0. The normalized spacial score (nSPS) is 14.3. The van der Waals surface area contributed by atoms with E-state index in [9.17, 15) is 13.2 Å². The van der Waals surface area contributed by atoms with Crippen LogP contribution in [-0.4, -0.2) is 45.4 Å². The highest BCUT2D eigenvalue weighted by molar-refractivity contribution is 7.92. The third kappa shape index (κ3) is 5.27. The number of rotatable bonds is 5. The molecule has 3 aromatic rings. The Morgan fingerprint density at radius 1 is 0.909 bits per heavy atom. The predicted molar refractivity (Wildman–Crippen MR) is 133 cm³/mol.